The zero-order valence-corrected chi connectivity index (χ0v) is 12.7. The number of halogens is 1. The zero-order valence-electron chi connectivity index (χ0n) is 11.9. The Morgan fingerprint density at radius 2 is 2.21 bits per heavy atom. The van der Waals surface area contributed by atoms with Gasteiger partial charge in [-0.05, 0) is 37.1 Å². The molecule has 1 aromatic carbocycles. The minimum absolute atomic E-state index is 0.119. The van der Waals surface area contributed by atoms with Gasteiger partial charge in [0.05, 0.1) is 0 Å². The SMILES string of the molecule is Cc1ccc(F)cc1C(CN)N1CCSC(C)C1C. The number of benzene rings is 1. The summed E-state index contributed by atoms with van der Waals surface area (Å²) in [6, 6.07) is 5.60. The largest absolute Gasteiger partial charge is 0.329 e. The molecule has 1 fully saturated rings. The van der Waals surface area contributed by atoms with Crippen LogP contribution in [0.5, 0.6) is 0 Å². The summed E-state index contributed by atoms with van der Waals surface area (Å²) < 4.78 is 13.5. The van der Waals surface area contributed by atoms with E-state index in [4.69, 9.17) is 5.73 Å². The Balaban J connectivity index is 2.30. The second kappa shape index (κ2) is 6.25. The third-order valence-electron chi connectivity index (χ3n) is 4.16. The molecule has 0 spiro atoms. The van der Waals surface area contributed by atoms with Gasteiger partial charge in [-0.1, -0.05) is 13.0 Å². The molecule has 0 aromatic heterocycles. The topological polar surface area (TPSA) is 29.3 Å². The van der Waals surface area contributed by atoms with E-state index in [9.17, 15) is 4.39 Å². The lowest BCUT2D eigenvalue weighted by Crippen LogP contribution is -2.48. The van der Waals surface area contributed by atoms with E-state index in [1.807, 2.05) is 24.8 Å². The monoisotopic (exact) mass is 282 g/mol. The molecule has 1 aliphatic rings. The fourth-order valence-corrected chi connectivity index (χ4v) is 3.93. The summed E-state index contributed by atoms with van der Waals surface area (Å²) in [5.41, 5.74) is 8.15. The molecule has 1 saturated heterocycles. The summed E-state index contributed by atoms with van der Waals surface area (Å²) >= 11 is 2.00. The lowest BCUT2D eigenvalue weighted by Gasteiger charge is -2.42. The van der Waals surface area contributed by atoms with Crippen molar-refractivity contribution in [3.8, 4) is 0 Å². The van der Waals surface area contributed by atoms with Crippen LogP contribution in [0.25, 0.3) is 0 Å². The summed E-state index contributed by atoms with van der Waals surface area (Å²) in [7, 11) is 0. The molecule has 0 bridgehead atoms. The molecule has 2 rings (SSSR count). The maximum Gasteiger partial charge on any atom is 0.123 e. The van der Waals surface area contributed by atoms with Crippen LogP contribution in [0.4, 0.5) is 4.39 Å². The normalized spacial score (nSPS) is 26.4. The van der Waals surface area contributed by atoms with Gasteiger partial charge in [0.15, 0.2) is 0 Å². The third-order valence-corrected chi connectivity index (χ3v) is 5.49. The molecule has 1 aromatic rings. The Kier molecular flexibility index (Phi) is 4.87. The highest BCUT2D eigenvalue weighted by Gasteiger charge is 2.31. The Bertz CT molecular complexity index is 438. The van der Waals surface area contributed by atoms with Crippen LogP contribution < -0.4 is 5.73 Å². The Hall–Kier alpha value is -0.580. The summed E-state index contributed by atoms with van der Waals surface area (Å²) in [6.07, 6.45) is 0. The molecule has 106 valence electrons. The quantitative estimate of drug-likeness (QED) is 0.924. The number of nitrogens with zero attached hydrogens (tertiary/aromatic N) is 1. The van der Waals surface area contributed by atoms with Crippen molar-refractivity contribution in [2.45, 2.75) is 38.1 Å². The first-order chi connectivity index (χ1) is 9.04. The summed E-state index contributed by atoms with van der Waals surface area (Å²) in [6.45, 7) is 8.09. The van der Waals surface area contributed by atoms with Crippen LogP contribution >= 0.6 is 11.8 Å². The average Bonchev–Trinajstić information content (AvgIpc) is 2.39. The molecule has 0 saturated carbocycles. The second-order valence-corrected chi connectivity index (χ2v) is 6.79. The smallest absolute Gasteiger partial charge is 0.123 e. The van der Waals surface area contributed by atoms with E-state index in [0.29, 0.717) is 17.8 Å². The van der Waals surface area contributed by atoms with Crippen LogP contribution in [0.1, 0.15) is 31.0 Å². The van der Waals surface area contributed by atoms with E-state index in [-0.39, 0.29) is 11.9 Å². The molecule has 19 heavy (non-hydrogen) atoms. The van der Waals surface area contributed by atoms with E-state index in [1.54, 1.807) is 6.07 Å². The van der Waals surface area contributed by atoms with E-state index >= 15 is 0 Å². The van der Waals surface area contributed by atoms with Gasteiger partial charge >= 0.3 is 0 Å². The minimum Gasteiger partial charge on any atom is -0.329 e. The highest BCUT2D eigenvalue weighted by atomic mass is 32.2. The van der Waals surface area contributed by atoms with Gasteiger partial charge < -0.3 is 5.73 Å². The first kappa shape index (κ1) is 14.8. The van der Waals surface area contributed by atoms with Crippen molar-refractivity contribution in [2.24, 2.45) is 5.73 Å². The molecule has 4 heteroatoms. The van der Waals surface area contributed by atoms with Crippen LogP contribution in [-0.4, -0.2) is 35.0 Å². The van der Waals surface area contributed by atoms with Crippen LogP contribution in [0.2, 0.25) is 0 Å². The van der Waals surface area contributed by atoms with Gasteiger partial charge in [0.25, 0.3) is 0 Å². The summed E-state index contributed by atoms with van der Waals surface area (Å²) in [5, 5.41) is 0.594. The Morgan fingerprint density at radius 3 is 2.89 bits per heavy atom. The first-order valence-corrected chi connectivity index (χ1v) is 7.93. The average molecular weight is 282 g/mol. The number of thioether (sulfide) groups is 1. The van der Waals surface area contributed by atoms with E-state index in [2.05, 4.69) is 18.7 Å². The number of rotatable bonds is 3. The van der Waals surface area contributed by atoms with E-state index in [1.165, 1.54) is 6.07 Å². The molecular formula is C15H23FN2S. The van der Waals surface area contributed by atoms with Crippen molar-refractivity contribution in [2.75, 3.05) is 18.8 Å². The predicted octanol–water partition coefficient (Wildman–Crippen LogP) is 2.96. The zero-order chi connectivity index (χ0) is 14.0. The maximum absolute atomic E-state index is 13.5. The van der Waals surface area contributed by atoms with Gasteiger partial charge in [-0.15, -0.1) is 0 Å². The molecule has 0 amide bonds. The van der Waals surface area contributed by atoms with Crippen LogP contribution in [-0.2, 0) is 0 Å². The van der Waals surface area contributed by atoms with Crippen LogP contribution in [0.3, 0.4) is 0 Å². The maximum atomic E-state index is 13.5. The predicted molar refractivity (Wildman–Crippen MR) is 81.0 cm³/mol. The molecule has 0 radical (unpaired) electrons. The molecule has 3 unspecified atom stereocenters. The highest BCUT2D eigenvalue weighted by molar-refractivity contribution is 8.00. The Labute approximate surface area is 119 Å². The van der Waals surface area contributed by atoms with Crippen LogP contribution in [0.15, 0.2) is 18.2 Å². The highest BCUT2D eigenvalue weighted by Crippen LogP contribution is 2.32. The van der Waals surface area contributed by atoms with Crippen molar-refractivity contribution in [3.05, 3.63) is 35.1 Å². The summed E-state index contributed by atoms with van der Waals surface area (Å²) in [4.78, 5) is 2.43. The van der Waals surface area contributed by atoms with Gasteiger partial charge in [0.2, 0.25) is 0 Å². The number of nitrogens with two attached hydrogens (primary N) is 1. The van der Waals surface area contributed by atoms with E-state index in [0.717, 1.165) is 23.4 Å². The molecule has 0 aliphatic carbocycles. The fraction of sp³-hybridized carbons (Fsp3) is 0.600. The van der Waals surface area contributed by atoms with Gasteiger partial charge in [-0.3, -0.25) is 4.90 Å². The van der Waals surface area contributed by atoms with Crippen molar-refractivity contribution < 1.29 is 4.39 Å². The van der Waals surface area contributed by atoms with Gasteiger partial charge in [0, 0.05) is 36.2 Å². The van der Waals surface area contributed by atoms with Crippen molar-refractivity contribution >= 4 is 11.8 Å². The van der Waals surface area contributed by atoms with Crippen molar-refractivity contribution in [1.29, 1.82) is 0 Å². The van der Waals surface area contributed by atoms with Crippen LogP contribution in [0, 0.1) is 12.7 Å². The van der Waals surface area contributed by atoms with Gasteiger partial charge in [-0.25, -0.2) is 4.39 Å². The van der Waals surface area contributed by atoms with E-state index < -0.39 is 0 Å². The van der Waals surface area contributed by atoms with Gasteiger partial charge in [0.1, 0.15) is 5.82 Å². The molecule has 3 atom stereocenters. The molecule has 2 N–H and O–H groups in total. The standard InChI is InChI=1S/C15H23FN2S/c1-10-4-5-13(16)8-14(10)15(9-17)18-6-7-19-12(3)11(18)2/h4-5,8,11-12,15H,6-7,9,17H2,1-3H3. The molecule has 1 heterocycles. The lowest BCUT2D eigenvalue weighted by atomic mass is 9.98. The van der Waals surface area contributed by atoms with Crippen molar-refractivity contribution in [1.82, 2.24) is 4.90 Å². The fourth-order valence-electron chi connectivity index (χ4n) is 2.81. The first-order valence-electron chi connectivity index (χ1n) is 6.88. The minimum atomic E-state index is -0.175. The number of hydrogen-bond acceptors (Lipinski definition) is 3. The second-order valence-electron chi connectivity index (χ2n) is 5.31. The lowest BCUT2D eigenvalue weighted by molar-refractivity contribution is 0.150. The molecule has 1 aliphatic heterocycles. The molecule has 2 nitrogen and oxygen atoms in total. The third kappa shape index (κ3) is 3.12. The van der Waals surface area contributed by atoms with Gasteiger partial charge in [-0.2, -0.15) is 11.8 Å². The number of aryl methyl sites for hydroxylation is 1. The van der Waals surface area contributed by atoms with Crippen molar-refractivity contribution in [3.63, 3.8) is 0 Å². The number of hydrogen-bond donors (Lipinski definition) is 1. The summed E-state index contributed by atoms with van der Waals surface area (Å²) in [5.74, 6) is 0.947. The Morgan fingerprint density at radius 1 is 1.47 bits per heavy atom. The molecular weight excluding hydrogens is 259 g/mol.